The highest BCUT2D eigenvalue weighted by Gasteiger charge is 2.15. The van der Waals surface area contributed by atoms with Gasteiger partial charge in [0, 0.05) is 24.4 Å². The molecule has 0 radical (unpaired) electrons. The summed E-state index contributed by atoms with van der Waals surface area (Å²) in [7, 11) is -1.92. The summed E-state index contributed by atoms with van der Waals surface area (Å²) in [6.45, 7) is 0.104. The Morgan fingerprint density at radius 1 is 1.07 bits per heavy atom. The Labute approximate surface area is 171 Å². The molecule has 6 nitrogen and oxygen atoms in total. The van der Waals surface area contributed by atoms with Crippen LogP contribution in [0.3, 0.4) is 0 Å². The lowest BCUT2D eigenvalue weighted by atomic mass is 10.1. The van der Waals surface area contributed by atoms with E-state index in [4.69, 9.17) is 4.74 Å². The summed E-state index contributed by atoms with van der Waals surface area (Å²) in [4.78, 5) is 7.80. The number of ether oxygens (including phenoxy) is 1. The second-order valence-electron chi connectivity index (χ2n) is 6.42. The summed E-state index contributed by atoms with van der Waals surface area (Å²) in [5, 5.41) is 2.84. The molecule has 0 spiro atoms. The molecule has 0 saturated carbocycles. The molecule has 3 aromatic rings. The molecule has 1 aromatic heterocycles. The number of hydrogen-bond acceptors (Lipinski definition) is 6. The number of hydrogen-bond donors (Lipinski definition) is 1. The van der Waals surface area contributed by atoms with Crippen molar-refractivity contribution in [3.63, 3.8) is 0 Å². The molecule has 0 fully saturated rings. The van der Waals surface area contributed by atoms with Gasteiger partial charge in [-0.1, -0.05) is 12.1 Å². The van der Waals surface area contributed by atoms with Gasteiger partial charge < -0.3 is 10.1 Å². The average Bonchev–Trinajstić information content (AvgIpc) is 2.68. The highest BCUT2D eigenvalue weighted by Crippen LogP contribution is 2.26. The number of methoxy groups -OCH3 is 1. The molecule has 30 heavy (non-hydrogen) atoms. The number of aromatic nitrogens is 2. The average molecular weight is 437 g/mol. The zero-order valence-corrected chi connectivity index (χ0v) is 16.7. The van der Waals surface area contributed by atoms with E-state index in [2.05, 4.69) is 15.3 Å². The smallest absolute Gasteiger partial charge is 0.227 e. The number of rotatable bonds is 8. The molecule has 0 aliphatic carbocycles. The van der Waals surface area contributed by atoms with Crippen molar-refractivity contribution in [1.82, 2.24) is 9.97 Å². The quantitative estimate of drug-likeness (QED) is 0.576. The van der Waals surface area contributed by atoms with Crippen LogP contribution in [0.15, 0.2) is 48.7 Å². The van der Waals surface area contributed by atoms with Crippen LogP contribution in [0.5, 0.6) is 0 Å². The Morgan fingerprint density at radius 2 is 1.87 bits per heavy atom. The number of sulfone groups is 1. The van der Waals surface area contributed by atoms with E-state index in [1.165, 1.54) is 7.11 Å². The minimum absolute atomic E-state index is 0.0329. The fraction of sp³-hybridized carbons (Fsp3) is 0.200. The standard InChI is InChI=1S/C20H18F3N3O3S/c1-29-7-8-30(27,28)12-13-3-2-4-15(9-13)25-20-24-11-18(23)19(26-20)16-6-5-14(21)10-17(16)22/h2-6,9-11H,7-8,12H2,1H3,(H,24,25,26). The van der Waals surface area contributed by atoms with Gasteiger partial charge in [0.25, 0.3) is 0 Å². The van der Waals surface area contributed by atoms with Crippen LogP contribution in [0, 0.1) is 17.5 Å². The summed E-state index contributed by atoms with van der Waals surface area (Å²) in [5.41, 5.74) is 0.454. The van der Waals surface area contributed by atoms with Gasteiger partial charge >= 0.3 is 0 Å². The van der Waals surface area contributed by atoms with E-state index in [1.807, 2.05) is 0 Å². The number of halogens is 3. The first-order valence-corrected chi connectivity index (χ1v) is 10.6. The zero-order chi connectivity index (χ0) is 21.7. The van der Waals surface area contributed by atoms with Gasteiger partial charge in [-0.2, -0.15) is 0 Å². The molecule has 0 aliphatic heterocycles. The van der Waals surface area contributed by atoms with Gasteiger partial charge in [0.1, 0.15) is 17.3 Å². The van der Waals surface area contributed by atoms with Crippen molar-refractivity contribution >= 4 is 21.5 Å². The first-order valence-electron chi connectivity index (χ1n) is 8.81. The predicted octanol–water partition coefficient (Wildman–Crippen LogP) is 3.87. The minimum Gasteiger partial charge on any atom is -0.384 e. The molecule has 3 rings (SSSR count). The third-order valence-corrected chi connectivity index (χ3v) is 5.66. The predicted molar refractivity (Wildman–Crippen MR) is 106 cm³/mol. The van der Waals surface area contributed by atoms with E-state index in [1.54, 1.807) is 24.3 Å². The Morgan fingerprint density at radius 3 is 2.60 bits per heavy atom. The maximum absolute atomic E-state index is 14.1. The summed E-state index contributed by atoms with van der Waals surface area (Å²) in [5.74, 6) is -2.93. The van der Waals surface area contributed by atoms with E-state index in [0.717, 1.165) is 18.3 Å². The number of nitrogens with one attached hydrogen (secondary N) is 1. The summed E-state index contributed by atoms with van der Waals surface area (Å²) >= 11 is 0. The molecule has 1 heterocycles. The van der Waals surface area contributed by atoms with Gasteiger partial charge in [-0.25, -0.2) is 31.6 Å². The summed E-state index contributed by atoms with van der Waals surface area (Å²) in [6, 6.07) is 9.27. The van der Waals surface area contributed by atoms with Crippen molar-refractivity contribution in [2.45, 2.75) is 5.75 Å². The zero-order valence-electron chi connectivity index (χ0n) is 15.9. The van der Waals surface area contributed by atoms with Crippen LogP contribution in [-0.2, 0) is 20.3 Å². The SMILES string of the molecule is COCCS(=O)(=O)Cc1cccc(Nc2ncc(F)c(-c3ccc(F)cc3F)n2)c1. The minimum atomic E-state index is -3.35. The number of anilines is 2. The van der Waals surface area contributed by atoms with Gasteiger partial charge in [0.2, 0.25) is 5.95 Å². The highest BCUT2D eigenvalue weighted by atomic mass is 32.2. The van der Waals surface area contributed by atoms with E-state index in [9.17, 15) is 21.6 Å². The van der Waals surface area contributed by atoms with Crippen molar-refractivity contribution in [2.75, 3.05) is 24.8 Å². The normalized spacial score (nSPS) is 11.5. The molecule has 158 valence electrons. The maximum atomic E-state index is 14.1. The van der Waals surface area contributed by atoms with E-state index in [0.29, 0.717) is 17.3 Å². The monoisotopic (exact) mass is 437 g/mol. The molecule has 0 bridgehead atoms. The van der Waals surface area contributed by atoms with Crippen LogP contribution >= 0.6 is 0 Å². The summed E-state index contributed by atoms with van der Waals surface area (Å²) < 4.78 is 70.3. The van der Waals surface area contributed by atoms with Crippen LogP contribution in [0.1, 0.15) is 5.56 Å². The van der Waals surface area contributed by atoms with Crippen molar-refractivity contribution in [3.05, 3.63) is 71.7 Å². The van der Waals surface area contributed by atoms with Crippen molar-refractivity contribution in [1.29, 1.82) is 0 Å². The lowest BCUT2D eigenvalue weighted by Crippen LogP contribution is -2.13. The first-order chi connectivity index (χ1) is 14.3. The van der Waals surface area contributed by atoms with Crippen LogP contribution in [0.4, 0.5) is 24.8 Å². The first kappa shape index (κ1) is 21.7. The fourth-order valence-corrected chi connectivity index (χ4v) is 3.95. The van der Waals surface area contributed by atoms with Gasteiger partial charge in [0.15, 0.2) is 15.7 Å². The molecule has 1 N–H and O–H groups in total. The fourth-order valence-electron chi connectivity index (χ4n) is 2.70. The third-order valence-electron chi connectivity index (χ3n) is 4.10. The Hall–Kier alpha value is -2.98. The summed E-state index contributed by atoms with van der Waals surface area (Å²) in [6.07, 6.45) is 0.868. The van der Waals surface area contributed by atoms with Gasteiger partial charge in [0.05, 0.1) is 24.3 Å². The maximum Gasteiger partial charge on any atom is 0.227 e. The highest BCUT2D eigenvalue weighted by molar-refractivity contribution is 7.90. The van der Waals surface area contributed by atoms with Gasteiger partial charge in [-0.15, -0.1) is 0 Å². The molecular formula is C20H18F3N3O3S. The molecular weight excluding hydrogens is 419 g/mol. The molecule has 2 aromatic carbocycles. The van der Waals surface area contributed by atoms with Gasteiger partial charge in [-0.3, -0.25) is 0 Å². The van der Waals surface area contributed by atoms with Crippen LogP contribution in [0.2, 0.25) is 0 Å². The lowest BCUT2D eigenvalue weighted by molar-refractivity contribution is 0.217. The Balaban J connectivity index is 1.83. The largest absolute Gasteiger partial charge is 0.384 e. The second-order valence-corrected chi connectivity index (χ2v) is 8.61. The van der Waals surface area contributed by atoms with E-state index < -0.39 is 27.3 Å². The van der Waals surface area contributed by atoms with E-state index in [-0.39, 0.29) is 35.3 Å². The van der Waals surface area contributed by atoms with E-state index >= 15 is 0 Å². The number of benzene rings is 2. The van der Waals surface area contributed by atoms with Crippen molar-refractivity contribution in [2.24, 2.45) is 0 Å². The van der Waals surface area contributed by atoms with Crippen LogP contribution in [-0.4, -0.2) is 37.9 Å². The molecule has 0 unspecified atom stereocenters. The topological polar surface area (TPSA) is 81.2 Å². The third kappa shape index (κ3) is 5.55. The van der Waals surface area contributed by atoms with Crippen molar-refractivity contribution in [3.8, 4) is 11.3 Å². The Kier molecular flexibility index (Phi) is 6.68. The molecule has 0 aliphatic rings. The molecule has 0 saturated heterocycles. The lowest BCUT2D eigenvalue weighted by Gasteiger charge is -2.10. The van der Waals surface area contributed by atoms with Crippen molar-refractivity contribution < 1.29 is 26.3 Å². The number of nitrogens with zero attached hydrogens (tertiary/aromatic N) is 2. The van der Waals surface area contributed by atoms with Crippen LogP contribution < -0.4 is 5.32 Å². The molecule has 10 heteroatoms. The second kappa shape index (κ2) is 9.23. The van der Waals surface area contributed by atoms with Crippen LogP contribution in [0.25, 0.3) is 11.3 Å². The molecule has 0 atom stereocenters. The Bertz CT molecular complexity index is 1160. The molecule has 0 amide bonds. The van der Waals surface area contributed by atoms with Gasteiger partial charge in [-0.05, 0) is 29.8 Å².